The molecule has 3 aromatic heterocycles. The van der Waals surface area contributed by atoms with Gasteiger partial charge in [0.2, 0.25) is 0 Å². The van der Waals surface area contributed by atoms with E-state index in [-0.39, 0.29) is 55.9 Å². The van der Waals surface area contributed by atoms with E-state index in [2.05, 4.69) is 0 Å². The van der Waals surface area contributed by atoms with E-state index in [9.17, 15) is 14.4 Å². The first-order valence-corrected chi connectivity index (χ1v) is 26.1. The summed E-state index contributed by atoms with van der Waals surface area (Å²) >= 11 is 0. The zero-order valence-electron chi connectivity index (χ0n) is 44.1. The molecule has 6 aromatic carbocycles. The van der Waals surface area contributed by atoms with Crippen LogP contribution >= 0.6 is 0 Å². The topological polar surface area (TPSA) is 177 Å². The van der Waals surface area contributed by atoms with Gasteiger partial charge in [0.05, 0.1) is 112 Å². The molecule has 0 aliphatic carbocycles. The first-order chi connectivity index (χ1) is 38.2. The summed E-state index contributed by atoms with van der Waals surface area (Å²) < 4.78 is 76.2. The van der Waals surface area contributed by atoms with Crippen LogP contribution in [0.15, 0.2) is 124 Å². The Morgan fingerprint density at radius 1 is 0.244 bits per heavy atom. The Morgan fingerprint density at radius 3 is 0.564 bits per heavy atom. The molecule has 18 heteroatoms. The number of aryl methyl sites for hydroxylation is 3. The highest BCUT2D eigenvalue weighted by Gasteiger charge is 2.15. The van der Waals surface area contributed by atoms with E-state index in [0.29, 0.717) is 146 Å². The number of aromatic nitrogens is 3. The number of ether oxygens (including phenoxy) is 12. The largest absolute Gasteiger partial charge is 0.491 e. The van der Waals surface area contributed by atoms with Gasteiger partial charge in [-0.15, -0.1) is 0 Å². The normalized spacial score (nSPS) is 16.2. The predicted octanol–water partition coefficient (Wildman–Crippen LogP) is 7.49. The van der Waals surface area contributed by atoms with Crippen LogP contribution in [-0.2, 0) is 49.6 Å². The van der Waals surface area contributed by atoms with Crippen molar-refractivity contribution >= 4 is 65.4 Å². The summed E-state index contributed by atoms with van der Waals surface area (Å²) in [7, 11) is 5.77. The summed E-state index contributed by atoms with van der Waals surface area (Å²) in [6.07, 6.45) is 0. The molecule has 0 radical (unpaired) electrons. The van der Waals surface area contributed by atoms with Gasteiger partial charge in [-0.3, -0.25) is 14.4 Å². The van der Waals surface area contributed by atoms with Gasteiger partial charge in [0.1, 0.15) is 74.1 Å². The van der Waals surface area contributed by atoms with Crippen LogP contribution in [0, 0.1) is 0 Å². The van der Waals surface area contributed by atoms with E-state index in [4.69, 9.17) is 56.8 Å². The minimum Gasteiger partial charge on any atom is -0.491 e. The van der Waals surface area contributed by atoms with E-state index in [0.717, 1.165) is 33.1 Å². The van der Waals surface area contributed by atoms with Crippen LogP contribution in [-0.4, -0.2) is 133 Å². The van der Waals surface area contributed by atoms with E-state index in [1.165, 1.54) is 0 Å². The molecule has 1 aliphatic heterocycles. The minimum absolute atomic E-state index is 0.125. The van der Waals surface area contributed by atoms with E-state index in [1.54, 1.807) is 36.4 Å². The van der Waals surface area contributed by atoms with Crippen molar-refractivity contribution in [2.45, 2.75) is 0 Å². The second-order valence-corrected chi connectivity index (χ2v) is 18.5. The van der Waals surface area contributed by atoms with Crippen molar-refractivity contribution in [2.75, 3.05) is 119 Å². The number of benzene rings is 6. The van der Waals surface area contributed by atoms with Crippen LogP contribution in [0.3, 0.4) is 0 Å². The number of pyridine rings is 3. The Kier molecular flexibility index (Phi) is 17.6. The average molecular weight is 1070 g/mol. The first-order valence-electron chi connectivity index (χ1n) is 26.1. The number of nitrogens with zero attached hydrogens (tertiary/aromatic N) is 3. The molecule has 18 nitrogen and oxygen atoms in total. The fourth-order valence-electron chi connectivity index (χ4n) is 9.58. The van der Waals surface area contributed by atoms with Crippen LogP contribution in [0.5, 0.6) is 34.5 Å². The number of hydrogen-bond acceptors (Lipinski definition) is 15. The molecule has 12 bridgehead atoms. The molecule has 0 saturated heterocycles. The standard InChI is InChI=1S/C60H63N3O15/c1-61-52-10-4-40-34-46(52)58(64)47-35-41(5-11-53(47)61)74-29-23-68-17-19-70-25-31-76-43-7-13-55-49(37-43)60(66)51-39-45(9-15-57(51)63(55)3)78-33-27-72-21-20-71-26-32-77-44-8-14-56-50(38-44)59(65)48-36-42(6-12-54(48)62(56)2)75-30-24-69-18-16-67-22-28-73-40/h4-15,34-39H,16-33H2,1-3H3. The fourth-order valence-corrected chi connectivity index (χ4v) is 9.58. The molecule has 0 N–H and O–H groups in total. The van der Waals surface area contributed by atoms with Gasteiger partial charge in [0.25, 0.3) is 0 Å². The molecule has 0 fully saturated rings. The lowest BCUT2D eigenvalue weighted by Crippen LogP contribution is -2.14. The Labute approximate surface area is 448 Å². The van der Waals surface area contributed by atoms with Gasteiger partial charge in [0, 0.05) is 53.5 Å². The van der Waals surface area contributed by atoms with Crippen LogP contribution < -0.4 is 44.7 Å². The molecule has 78 heavy (non-hydrogen) atoms. The summed E-state index contributed by atoms with van der Waals surface area (Å²) in [4.78, 5) is 41.5. The zero-order chi connectivity index (χ0) is 53.8. The number of rotatable bonds is 0. The van der Waals surface area contributed by atoms with Gasteiger partial charge < -0.3 is 70.5 Å². The highest BCUT2D eigenvalue weighted by Crippen LogP contribution is 2.28. The molecule has 0 unspecified atom stereocenters. The Morgan fingerprint density at radius 2 is 0.397 bits per heavy atom. The highest BCUT2D eigenvalue weighted by atomic mass is 16.6. The molecule has 408 valence electrons. The SMILES string of the molecule is Cn1c2ccc3cc2c(=O)c2cc(ccc21)OCCOCCOCCOc1ccc2c(c1)c(=O)c1cc(ccc1n2C)OCCOCCOCCOc1ccc2c(c1)c(=O)c1cc(ccc1n2C)OCCOCCOCCO3. The molecular formula is C60H63N3O15. The third kappa shape index (κ3) is 12.5. The summed E-state index contributed by atoms with van der Waals surface area (Å²) in [5.41, 5.74) is 4.30. The molecule has 4 heterocycles. The van der Waals surface area contributed by atoms with Gasteiger partial charge in [-0.05, 0) is 109 Å². The maximum Gasteiger partial charge on any atom is 0.197 e. The van der Waals surface area contributed by atoms with Gasteiger partial charge in [-0.1, -0.05) is 0 Å². The first kappa shape index (κ1) is 53.7. The number of fused-ring (bicyclic) bond motifs is 6. The Bertz CT molecular complexity index is 3140. The Balaban J connectivity index is 0.765. The van der Waals surface area contributed by atoms with Crippen molar-refractivity contribution in [3.8, 4) is 34.5 Å². The quantitative estimate of drug-likeness (QED) is 0.137. The molecule has 0 atom stereocenters. The molecule has 0 spiro atoms. The van der Waals surface area contributed by atoms with Crippen LogP contribution in [0.4, 0.5) is 0 Å². The maximum atomic E-state index is 13.8. The summed E-state index contributed by atoms with van der Waals surface area (Å²) in [5, 5.41) is 3.17. The van der Waals surface area contributed by atoms with Crippen molar-refractivity contribution in [1.82, 2.24) is 13.7 Å². The summed E-state index contributed by atoms with van der Waals surface area (Å²) in [6.45, 7) is 5.79. The second-order valence-electron chi connectivity index (χ2n) is 18.5. The monoisotopic (exact) mass is 1070 g/mol. The summed E-state index contributed by atoms with van der Waals surface area (Å²) in [5.74, 6) is 3.34. The molecule has 0 saturated carbocycles. The molecule has 0 amide bonds. The maximum absolute atomic E-state index is 13.8. The van der Waals surface area contributed by atoms with Gasteiger partial charge in [-0.25, -0.2) is 0 Å². The predicted molar refractivity (Wildman–Crippen MR) is 298 cm³/mol. The highest BCUT2D eigenvalue weighted by molar-refractivity contribution is 5.97. The lowest BCUT2D eigenvalue weighted by molar-refractivity contribution is 0.0274. The van der Waals surface area contributed by atoms with Gasteiger partial charge in [0.15, 0.2) is 16.3 Å². The lowest BCUT2D eigenvalue weighted by atomic mass is 10.1. The third-order valence-electron chi connectivity index (χ3n) is 13.5. The van der Waals surface area contributed by atoms with Crippen LogP contribution in [0.2, 0.25) is 0 Å². The van der Waals surface area contributed by atoms with Crippen molar-refractivity contribution in [2.24, 2.45) is 21.1 Å². The smallest absolute Gasteiger partial charge is 0.197 e. The Hall–Kier alpha value is -7.71. The van der Waals surface area contributed by atoms with Gasteiger partial charge in [-0.2, -0.15) is 0 Å². The van der Waals surface area contributed by atoms with Crippen molar-refractivity contribution in [3.05, 3.63) is 140 Å². The lowest BCUT2D eigenvalue weighted by Gasteiger charge is -2.14. The van der Waals surface area contributed by atoms with E-state index in [1.807, 2.05) is 108 Å². The van der Waals surface area contributed by atoms with Crippen molar-refractivity contribution in [1.29, 1.82) is 0 Å². The van der Waals surface area contributed by atoms with Crippen LogP contribution in [0.1, 0.15) is 0 Å². The fraction of sp³-hybridized carbons (Fsp3) is 0.350. The van der Waals surface area contributed by atoms with E-state index >= 15 is 0 Å². The molecule has 1 aliphatic rings. The molecule has 9 aromatic rings. The van der Waals surface area contributed by atoms with Gasteiger partial charge >= 0.3 is 0 Å². The van der Waals surface area contributed by atoms with Crippen molar-refractivity contribution < 1.29 is 56.8 Å². The third-order valence-corrected chi connectivity index (χ3v) is 13.5. The van der Waals surface area contributed by atoms with Crippen molar-refractivity contribution in [3.63, 3.8) is 0 Å². The van der Waals surface area contributed by atoms with Crippen LogP contribution in [0.25, 0.3) is 65.4 Å². The summed E-state index contributed by atoms with van der Waals surface area (Å²) in [6, 6.07) is 32.9. The molecule has 10 rings (SSSR count). The molecular weight excluding hydrogens is 1000 g/mol. The zero-order valence-corrected chi connectivity index (χ0v) is 44.1. The second kappa shape index (κ2) is 25.6. The van der Waals surface area contributed by atoms with E-state index < -0.39 is 0 Å². The number of hydrogen-bond donors (Lipinski definition) is 0. The average Bonchev–Trinajstić information content (AvgIpc) is 3.65. The minimum atomic E-state index is -0.125.